The molecule has 1 saturated heterocycles. The first-order valence-corrected chi connectivity index (χ1v) is 8.01. The van der Waals surface area contributed by atoms with Gasteiger partial charge < -0.3 is 10.2 Å². The lowest BCUT2D eigenvalue weighted by Gasteiger charge is -2.17. The summed E-state index contributed by atoms with van der Waals surface area (Å²) in [6.45, 7) is 1.75. The SMILES string of the molecule is O=C1C(Nc2cc3n(n2)CCCC3)CCN1c1ccccc1. The number of nitrogens with one attached hydrogen (secondary N) is 1. The van der Waals surface area contributed by atoms with Gasteiger partial charge in [-0.05, 0) is 37.8 Å². The third-order valence-corrected chi connectivity index (χ3v) is 4.51. The van der Waals surface area contributed by atoms with Crippen molar-refractivity contribution in [1.29, 1.82) is 0 Å². The van der Waals surface area contributed by atoms with E-state index in [-0.39, 0.29) is 11.9 Å². The number of amides is 1. The molecule has 5 heteroatoms. The molecule has 0 aliphatic carbocycles. The third-order valence-electron chi connectivity index (χ3n) is 4.51. The Morgan fingerprint density at radius 1 is 1.14 bits per heavy atom. The zero-order valence-electron chi connectivity index (χ0n) is 12.5. The molecule has 1 amide bonds. The Balaban J connectivity index is 1.48. The Labute approximate surface area is 129 Å². The van der Waals surface area contributed by atoms with Crippen LogP contribution in [-0.2, 0) is 17.8 Å². The van der Waals surface area contributed by atoms with Gasteiger partial charge in [0.25, 0.3) is 0 Å². The number of hydrogen-bond acceptors (Lipinski definition) is 3. The number of rotatable bonds is 3. The van der Waals surface area contributed by atoms with Gasteiger partial charge in [-0.25, -0.2) is 0 Å². The van der Waals surface area contributed by atoms with E-state index in [1.54, 1.807) is 0 Å². The fourth-order valence-electron chi connectivity index (χ4n) is 3.35. The quantitative estimate of drug-likeness (QED) is 0.946. The van der Waals surface area contributed by atoms with E-state index in [2.05, 4.69) is 21.2 Å². The van der Waals surface area contributed by atoms with Crippen LogP contribution in [0.25, 0.3) is 0 Å². The van der Waals surface area contributed by atoms with Gasteiger partial charge in [-0.3, -0.25) is 9.48 Å². The van der Waals surface area contributed by atoms with Gasteiger partial charge in [-0.15, -0.1) is 0 Å². The highest BCUT2D eigenvalue weighted by Gasteiger charge is 2.33. The molecule has 1 fully saturated rings. The molecule has 0 radical (unpaired) electrons. The van der Waals surface area contributed by atoms with Crippen molar-refractivity contribution in [3.05, 3.63) is 42.1 Å². The first-order valence-electron chi connectivity index (χ1n) is 8.01. The summed E-state index contributed by atoms with van der Waals surface area (Å²) < 4.78 is 2.07. The Kier molecular flexibility index (Phi) is 3.33. The molecule has 0 bridgehead atoms. The smallest absolute Gasteiger partial charge is 0.249 e. The molecule has 1 atom stereocenters. The van der Waals surface area contributed by atoms with Crippen molar-refractivity contribution >= 4 is 17.4 Å². The number of benzene rings is 1. The number of para-hydroxylation sites is 1. The van der Waals surface area contributed by atoms with Crippen LogP contribution >= 0.6 is 0 Å². The molecule has 2 aromatic rings. The summed E-state index contributed by atoms with van der Waals surface area (Å²) in [6.07, 6.45) is 4.33. The molecule has 0 spiro atoms. The third kappa shape index (κ3) is 2.36. The van der Waals surface area contributed by atoms with Crippen molar-refractivity contribution in [3.63, 3.8) is 0 Å². The van der Waals surface area contributed by atoms with E-state index in [9.17, 15) is 4.79 Å². The maximum absolute atomic E-state index is 12.6. The van der Waals surface area contributed by atoms with E-state index in [0.717, 1.165) is 37.4 Å². The van der Waals surface area contributed by atoms with Crippen LogP contribution < -0.4 is 10.2 Å². The first kappa shape index (κ1) is 13.4. The Morgan fingerprint density at radius 3 is 2.82 bits per heavy atom. The summed E-state index contributed by atoms with van der Waals surface area (Å²) in [4.78, 5) is 14.4. The molecule has 114 valence electrons. The lowest BCUT2D eigenvalue weighted by molar-refractivity contribution is -0.117. The van der Waals surface area contributed by atoms with E-state index in [0.29, 0.717) is 0 Å². The van der Waals surface area contributed by atoms with Gasteiger partial charge in [-0.1, -0.05) is 18.2 Å². The minimum Gasteiger partial charge on any atom is -0.357 e. The minimum atomic E-state index is -0.169. The highest BCUT2D eigenvalue weighted by Crippen LogP contribution is 2.24. The zero-order chi connectivity index (χ0) is 14.9. The summed E-state index contributed by atoms with van der Waals surface area (Å²) in [7, 11) is 0. The van der Waals surface area contributed by atoms with Crippen molar-refractivity contribution in [2.24, 2.45) is 0 Å². The molecule has 1 aromatic carbocycles. The molecule has 3 heterocycles. The maximum Gasteiger partial charge on any atom is 0.249 e. The fraction of sp³-hybridized carbons (Fsp3) is 0.412. The second-order valence-corrected chi connectivity index (χ2v) is 6.01. The van der Waals surface area contributed by atoms with Crippen molar-refractivity contribution in [1.82, 2.24) is 9.78 Å². The number of anilines is 2. The standard InChI is InChI=1S/C17H20N4O/c22-17-15(9-11-20(17)13-6-2-1-3-7-13)18-16-12-14-8-4-5-10-21(14)19-16/h1-3,6-7,12,15H,4-5,8-11H2,(H,18,19). The van der Waals surface area contributed by atoms with Gasteiger partial charge in [0.05, 0.1) is 0 Å². The van der Waals surface area contributed by atoms with Crippen molar-refractivity contribution in [3.8, 4) is 0 Å². The van der Waals surface area contributed by atoms with Gasteiger partial charge in [0.2, 0.25) is 5.91 Å². The molecule has 5 nitrogen and oxygen atoms in total. The largest absolute Gasteiger partial charge is 0.357 e. The van der Waals surface area contributed by atoms with Crippen LogP contribution in [0.1, 0.15) is 25.0 Å². The van der Waals surface area contributed by atoms with E-state index in [1.165, 1.54) is 18.5 Å². The molecule has 1 unspecified atom stereocenters. The lowest BCUT2D eigenvalue weighted by Crippen LogP contribution is -2.33. The van der Waals surface area contributed by atoms with Crippen LogP contribution in [0.3, 0.4) is 0 Å². The molecule has 1 N–H and O–H groups in total. The number of fused-ring (bicyclic) bond motifs is 1. The summed E-state index contributed by atoms with van der Waals surface area (Å²) >= 11 is 0. The molecular formula is C17H20N4O. The van der Waals surface area contributed by atoms with Crippen molar-refractivity contribution < 1.29 is 4.79 Å². The number of carbonyl (C=O) groups excluding carboxylic acids is 1. The average Bonchev–Trinajstić information content (AvgIpc) is 3.12. The van der Waals surface area contributed by atoms with Crippen LogP contribution in [0.2, 0.25) is 0 Å². The Morgan fingerprint density at radius 2 is 2.00 bits per heavy atom. The normalized spacial score (nSPS) is 21.0. The number of carbonyl (C=O) groups is 1. The Hall–Kier alpha value is -2.30. The van der Waals surface area contributed by atoms with Crippen LogP contribution in [-0.4, -0.2) is 28.3 Å². The van der Waals surface area contributed by atoms with Gasteiger partial charge >= 0.3 is 0 Å². The monoisotopic (exact) mass is 296 g/mol. The van der Waals surface area contributed by atoms with Crippen LogP contribution in [0.5, 0.6) is 0 Å². The summed E-state index contributed by atoms with van der Waals surface area (Å²) in [5.41, 5.74) is 2.25. The minimum absolute atomic E-state index is 0.136. The van der Waals surface area contributed by atoms with E-state index < -0.39 is 0 Å². The number of aromatic nitrogens is 2. The average molecular weight is 296 g/mol. The molecule has 2 aliphatic heterocycles. The fourth-order valence-corrected chi connectivity index (χ4v) is 3.35. The number of hydrogen-bond donors (Lipinski definition) is 1. The Bertz CT molecular complexity index is 656. The number of aryl methyl sites for hydroxylation is 2. The number of nitrogens with zero attached hydrogens (tertiary/aromatic N) is 3. The highest BCUT2D eigenvalue weighted by atomic mass is 16.2. The van der Waals surface area contributed by atoms with E-state index in [4.69, 9.17) is 0 Å². The summed E-state index contributed by atoms with van der Waals surface area (Å²) in [6, 6.07) is 11.8. The predicted molar refractivity (Wildman–Crippen MR) is 86.0 cm³/mol. The summed E-state index contributed by atoms with van der Waals surface area (Å²) in [5.74, 6) is 0.974. The van der Waals surface area contributed by atoms with Crippen LogP contribution in [0.4, 0.5) is 11.5 Å². The van der Waals surface area contributed by atoms with Crippen molar-refractivity contribution in [2.45, 2.75) is 38.3 Å². The highest BCUT2D eigenvalue weighted by molar-refractivity contribution is 6.00. The first-order chi connectivity index (χ1) is 10.8. The van der Waals surface area contributed by atoms with Crippen LogP contribution in [0.15, 0.2) is 36.4 Å². The van der Waals surface area contributed by atoms with E-state index in [1.807, 2.05) is 35.2 Å². The van der Waals surface area contributed by atoms with Gasteiger partial charge in [0.15, 0.2) is 0 Å². The van der Waals surface area contributed by atoms with E-state index >= 15 is 0 Å². The molecule has 4 rings (SSSR count). The second kappa shape index (κ2) is 5.48. The predicted octanol–water partition coefficient (Wildman–Crippen LogP) is 2.44. The van der Waals surface area contributed by atoms with Gasteiger partial charge in [0, 0.05) is 30.5 Å². The van der Waals surface area contributed by atoms with Gasteiger partial charge in [-0.2, -0.15) is 5.10 Å². The second-order valence-electron chi connectivity index (χ2n) is 6.01. The van der Waals surface area contributed by atoms with Crippen LogP contribution in [0, 0.1) is 0 Å². The topological polar surface area (TPSA) is 50.2 Å². The molecular weight excluding hydrogens is 276 g/mol. The molecule has 22 heavy (non-hydrogen) atoms. The van der Waals surface area contributed by atoms with Crippen molar-refractivity contribution in [2.75, 3.05) is 16.8 Å². The molecule has 1 aromatic heterocycles. The lowest BCUT2D eigenvalue weighted by atomic mass is 10.1. The zero-order valence-corrected chi connectivity index (χ0v) is 12.5. The summed E-state index contributed by atoms with van der Waals surface area (Å²) in [5, 5.41) is 7.91. The van der Waals surface area contributed by atoms with Gasteiger partial charge in [0.1, 0.15) is 11.9 Å². The molecule has 0 saturated carbocycles. The maximum atomic E-state index is 12.6. The molecule has 2 aliphatic rings.